The van der Waals surface area contributed by atoms with Crippen LogP contribution in [-0.4, -0.2) is 0 Å². The lowest BCUT2D eigenvalue weighted by Gasteiger charge is -2.16. The fourth-order valence-electron chi connectivity index (χ4n) is 5.16. The number of rotatable bonds is 1. The summed E-state index contributed by atoms with van der Waals surface area (Å²) in [7, 11) is -3.08. The van der Waals surface area contributed by atoms with Crippen LogP contribution in [0.15, 0.2) is 108 Å². The molecular weight excluding hydrogens is 399 g/mol. The van der Waals surface area contributed by atoms with Gasteiger partial charge in [-0.15, -0.1) is 0 Å². The van der Waals surface area contributed by atoms with Crippen molar-refractivity contribution in [3.63, 3.8) is 0 Å². The van der Waals surface area contributed by atoms with Gasteiger partial charge in [-0.1, -0.05) is 78.9 Å². The average molecular weight is 416 g/mol. The Morgan fingerprint density at radius 1 is 0.613 bits per heavy atom. The minimum absolute atomic E-state index is 0.785. The predicted octanol–water partition coefficient (Wildman–Crippen LogP) is 6.36. The third kappa shape index (κ3) is 2.10. The van der Waals surface area contributed by atoms with Crippen LogP contribution in [0.5, 0.6) is 0 Å². The van der Waals surface area contributed by atoms with Crippen LogP contribution >= 0.6 is 7.14 Å². The molecule has 0 amide bonds. The Balaban J connectivity index is 1.75. The van der Waals surface area contributed by atoms with Gasteiger partial charge in [0.15, 0.2) is 7.14 Å². The van der Waals surface area contributed by atoms with Crippen molar-refractivity contribution in [3.05, 3.63) is 103 Å². The van der Waals surface area contributed by atoms with Gasteiger partial charge in [0.2, 0.25) is 0 Å². The normalized spacial score (nSPS) is 17.3. The second-order valence-corrected chi connectivity index (χ2v) is 10.7. The lowest BCUT2D eigenvalue weighted by atomic mass is 9.97. The zero-order valence-corrected chi connectivity index (χ0v) is 17.5. The first-order valence-corrected chi connectivity index (χ1v) is 12.1. The molecule has 6 aromatic rings. The molecule has 3 heteroatoms. The van der Waals surface area contributed by atoms with Crippen LogP contribution in [-0.2, 0) is 4.57 Å². The van der Waals surface area contributed by atoms with Gasteiger partial charge in [-0.3, -0.25) is 0 Å². The van der Waals surface area contributed by atoms with E-state index in [1.165, 1.54) is 0 Å². The van der Waals surface area contributed by atoms with Gasteiger partial charge in [0.05, 0.1) is 0 Å². The first-order chi connectivity index (χ1) is 15.3. The Kier molecular flexibility index (Phi) is 3.29. The van der Waals surface area contributed by atoms with Gasteiger partial charge in [0, 0.05) is 32.2 Å². The smallest absolute Gasteiger partial charge is 0.173 e. The SMILES string of the molecule is O=P1(c2ccccc2)c2ccc3ccccc3c2-c2ccc3oc4ccccc4c3c21. The Bertz CT molecular complexity index is 1710. The van der Waals surface area contributed by atoms with Crippen molar-refractivity contribution in [2.24, 2.45) is 0 Å². The highest BCUT2D eigenvalue weighted by Crippen LogP contribution is 2.56. The fourth-order valence-corrected chi connectivity index (χ4v) is 8.44. The van der Waals surface area contributed by atoms with Crippen LogP contribution in [0.2, 0.25) is 0 Å². The van der Waals surface area contributed by atoms with Gasteiger partial charge in [-0.25, -0.2) is 0 Å². The first kappa shape index (κ1) is 17.1. The molecule has 0 fully saturated rings. The van der Waals surface area contributed by atoms with E-state index in [1.54, 1.807) is 0 Å². The van der Waals surface area contributed by atoms with E-state index in [1.807, 2.05) is 60.7 Å². The molecule has 0 N–H and O–H groups in total. The van der Waals surface area contributed by atoms with Crippen molar-refractivity contribution >= 4 is 55.8 Å². The molecule has 0 bridgehead atoms. The van der Waals surface area contributed by atoms with E-state index < -0.39 is 7.14 Å². The van der Waals surface area contributed by atoms with Crippen LogP contribution in [0.25, 0.3) is 43.8 Å². The average Bonchev–Trinajstić information content (AvgIpc) is 3.33. The molecule has 7 rings (SSSR count). The number of hydrogen-bond donors (Lipinski definition) is 0. The molecule has 0 spiro atoms. The second-order valence-electron chi connectivity index (χ2n) is 8.06. The molecule has 2 nitrogen and oxygen atoms in total. The fraction of sp³-hybridized carbons (Fsp3) is 0. The summed E-state index contributed by atoms with van der Waals surface area (Å²) in [5.74, 6) is 0. The van der Waals surface area contributed by atoms with E-state index in [-0.39, 0.29) is 0 Å². The van der Waals surface area contributed by atoms with Gasteiger partial charge < -0.3 is 8.98 Å². The summed E-state index contributed by atoms with van der Waals surface area (Å²) in [5, 5.41) is 6.98. The maximum Gasteiger partial charge on any atom is 0.173 e. The number of hydrogen-bond acceptors (Lipinski definition) is 2. The maximum atomic E-state index is 15.2. The maximum absolute atomic E-state index is 15.2. The highest BCUT2D eigenvalue weighted by molar-refractivity contribution is 7.87. The van der Waals surface area contributed by atoms with Crippen molar-refractivity contribution in [2.45, 2.75) is 0 Å². The van der Waals surface area contributed by atoms with E-state index in [4.69, 9.17) is 4.42 Å². The number of furan rings is 1. The Labute approximate surface area is 179 Å². The predicted molar refractivity (Wildman–Crippen MR) is 130 cm³/mol. The van der Waals surface area contributed by atoms with E-state index in [0.29, 0.717) is 0 Å². The molecule has 0 saturated heterocycles. The van der Waals surface area contributed by atoms with E-state index in [2.05, 4.69) is 42.5 Å². The molecule has 1 aliphatic rings. The zero-order chi connectivity index (χ0) is 20.6. The Morgan fingerprint density at radius 3 is 2.23 bits per heavy atom. The molecule has 1 atom stereocenters. The molecule has 31 heavy (non-hydrogen) atoms. The molecule has 0 aliphatic carbocycles. The molecule has 1 unspecified atom stereocenters. The van der Waals surface area contributed by atoms with E-state index in [0.717, 1.165) is 59.8 Å². The summed E-state index contributed by atoms with van der Waals surface area (Å²) in [6, 6.07) is 34.6. The summed E-state index contributed by atoms with van der Waals surface area (Å²) in [5.41, 5.74) is 3.75. The summed E-state index contributed by atoms with van der Waals surface area (Å²) in [6.07, 6.45) is 0. The summed E-state index contributed by atoms with van der Waals surface area (Å²) >= 11 is 0. The molecule has 0 radical (unpaired) electrons. The standard InChI is InChI=1S/C28H17O2P/c29-31(19-9-2-1-3-10-19)25-17-14-18-8-4-5-11-20(18)26(25)22-15-16-24-27(28(22)31)21-12-6-7-13-23(21)30-24/h1-17H. The second kappa shape index (κ2) is 5.97. The van der Waals surface area contributed by atoms with Crippen molar-refractivity contribution in [2.75, 3.05) is 0 Å². The largest absolute Gasteiger partial charge is 0.456 e. The van der Waals surface area contributed by atoms with Crippen molar-refractivity contribution in [1.29, 1.82) is 0 Å². The van der Waals surface area contributed by atoms with E-state index in [9.17, 15) is 0 Å². The van der Waals surface area contributed by atoms with Crippen LogP contribution in [0.1, 0.15) is 0 Å². The number of para-hydroxylation sites is 1. The lowest BCUT2D eigenvalue weighted by Crippen LogP contribution is -2.21. The molecule has 146 valence electrons. The number of fused-ring (bicyclic) bond motifs is 9. The van der Waals surface area contributed by atoms with E-state index >= 15 is 4.57 Å². The van der Waals surface area contributed by atoms with Crippen LogP contribution in [0.4, 0.5) is 0 Å². The molecule has 0 saturated carbocycles. The quantitative estimate of drug-likeness (QED) is 0.292. The van der Waals surface area contributed by atoms with Crippen LogP contribution < -0.4 is 15.9 Å². The van der Waals surface area contributed by atoms with Gasteiger partial charge in [0.25, 0.3) is 0 Å². The summed E-state index contributed by atoms with van der Waals surface area (Å²) < 4.78 is 21.4. The third-order valence-electron chi connectivity index (χ3n) is 6.47. The van der Waals surface area contributed by atoms with Crippen LogP contribution in [0.3, 0.4) is 0 Å². The first-order valence-electron chi connectivity index (χ1n) is 10.4. The van der Waals surface area contributed by atoms with Gasteiger partial charge in [-0.05, 0) is 40.6 Å². The minimum atomic E-state index is -3.08. The Hall–Kier alpha value is -3.61. The van der Waals surface area contributed by atoms with Gasteiger partial charge >= 0.3 is 0 Å². The molecular formula is C28H17O2P. The summed E-state index contributed by atoms with van der Waals surface area (Å²) in [4.78, 5) is 0. The highest BCUT2D eigenvalue weighted by Gasteiger charge is 2.43. The highest BCUT2D eigenvalue weighted by atomic mass is 31.2. The topological polar surface area (TPSA) is 30.2 Å². The minimum Gasteiger partial charge on any atom is -0.456 e. The number of benzene rings is 5. The zero-order valence-electron chi connectivity index (χ0n) is 16.6. The lowest BCUT2D eigenvalue weighted by molar-refractivity contribution is 0.593. The van der Waals surface area contributed by atoms with Crippen molar-refractivity contribution in [3.8, 4) is 11.1 Å². The summed E-state index contributed by atoms with van der Waals surface area (Å²) in [6.45, 7) is 0. The van der Waals surface area contributed by atoms with Gasteiger partial charge in [0.1, 0.15) is 11.2 Å². The molecule has 1 aliphatic heterocycles. The Morgan fingerprint density at radius 2 is 1.35 bits per heavy atom. The molecule has 2 heterocycles. The van der Waals surface area contributed by atoms with Gasteiger partial charge in [-0.2, -0.15) is 0 Å². The molecule has 1 aromatic heterocycles. The van der Waals surface area contributed by atoms with Crippen molar-refractivity contribution in [1.82, 2.24) is 0 Å². The monoisotopic (exact) mass is 416 g/mol. The third-order valence-corrected chi connectivity index (χ3v) is 9.64. The van der Waals surface area contributed by atoms with Crippen LogP contribution in [0, 0.1) is 0 Å². The van der Waals surface area contributed by atoms with Crippen molar-refractivity contribution < 1.29 is 8.98 Å². The molecule has 5 aromatic carbocycles.